The fourth-order valence-corrected chi connectivity index (χ4v) is 2.55. The Morgan fingerprint density at radius 1 is 1.50 bits per heavy atom. The van der Waals surface area contributed by atoms with E-state index in [1.807, 2.05) is 25.1 Å². The molecule has 1 aromatic carbocycles. The lowest BCUT2D eigenvalue weighted by atomic mass is 10.1. The van der Waals surface area contributed by atoms with Crippen molar-refractivity contribution in [1.29, 1.82) is 0 Å². The number of carbonyl (C=O) groups is 1. The maximum absolute atomic E-state index is 11.8. The number of halogens is 1. The minimum absolute atomic E-state index is 0.167. The van der Waals surface area contributed by atoms with E-state index in [0.717, 1.165) is 23.5 Å². The number of thiol groups is 1. The first-order chi connectivity index (χ1) is 7.60. The van der Waals surface area contributed by atoms with Crippen LogP contribution in [0, 0.1) is 12.8 Å². The number of carbonyl (C=O) groups excluding carboxylic acids is 1. The van der Waals surface area contributed by atoms with Crippen LogP contribution in [0.2, 0.25) is 5.02 Å². The van der Waals surface area contributed by atoms with Gasteiger partial charge in [-0.25, -0.2) is 0 Å². The molecule has 1 heterocycles. The molecule has 1 atom stereocenters. The number of hydrogen-bond acceptors (Lipinski definition) is 2. The highest BCUT2D eigenvalue weighted by Crippen LogP contribution is 2.28. The minimum Gasteiger partial charge on any atom is -0.312 e. The van der Waals surface area contributed by atoms with E-state index in [2.05, 4.69) is 12.6 Å². The Hall–Kier alpha value is -0.670. The third kappa shape index (κ3) is 2.36. The number of benzene rings is 1. The lowest BCUT2D eigenvalue weighted by Gasteiger charge is -2.17. The fourth-order valence-electron chi connectivity index (χ4n) is 2.03. The van der Waals surface area contributed by atoms with Crippen molar-refractivity contribution in [1.82, 2.24) is 0 Å². The summed E-state index contributed by atoms with van der Waals surface area (Å²) >= 11 is 10.2. The number of nitrogens with zero attached hydrogens (tertiary/aromatic N) is 1. The predicted octanol–water partition coefficient (Wildman–Crippen LogP) is 2.93. The van der Waals surface area contributed by atoms with Gasteiger partial charge in [0.2, 0.25) is 5.91 Å². The molecule has 0 N–H and O–H groups in total. The lowest BCUT2D eigenvalue weighted by molar-refractivity contribution is -0.117. The monoisotopic (exact) mass is 255 g/mol. The molecule has 1 aliphatic rings. The van der Waals surface area contributed by atoms with Crippen molar-refractivity contribution in [2.45, 2.75) is 13.3 Å². The number of rotatable bonds is 2. The quantitative estimate of drug-likeness (QED) is 0.806. The van der Waals surface area contributed by atoms with E-state index in [-0.39, 0.29) is 5.91 Å². The molecule has 0 spiro atoms. The average molecular weight is 256 g/mol. The molecule has 0 bridgehead atoms. The summed E-state index contributed by atoms with van der Waals surface area (Å²) in [6.07, 6.45) is 0.592. The molecule has 0 radical (unpaired) electrons. The Kier molecular flexibility index (Phi) is 3.45. The molecule has 1 fully saturated rings. The van der Waals surface area contributed by atoms with Gasteiger partial charge in [-0.2, -0.15) is 12.6 Å². The normalized spacial score (nSPS) is 20.6. The molecule has 1 aliphatic heterocycles. The van der Waals surface area contributed by atoms with Gasteiger partial charge in [-0.1, -0.05) is 11.6 Å². The first-order valence-corrected chi connectivity index (χ1v) is 6.29. The van der Waals surface area contributed by atoms with E-state index in [4.69, 9.17) is 11.6 Å². The maximum atomic E-state index is 11.8. The van der Waals surface area contributed by atoms with Gasteiger partial charge in [-0.15, -0.1) is 0 Å². The second-order valence-corrected chi connectivity index (χ2v) is 5.05. The molecule has 2 rings (SSSR count). The van der Waals surface area contributed by atoms with Gasteiger partial charge in [0.15, 0.2) is 0 Å². The standard InChI is InChI=1S/C12H14ClNOS/c1-8-2-10(13)5-11(3-8)14-6-9(7-16)4-12(14)15/h2-3,5,9,16H,4,6-7H2,1H3. The Bertz CT molecular complexity index is 401. The highest BCUT2D eigenvalue weighted by Gasteiger charge is 2.29. The smallest absolute Gasteiger partial charge is 0.227 e. The molecule has 2 nitrogen and oxygen atoms in total. The van der Waals surface area contributed by atoms with Gasteiger partial charge >= 0.3 is 0 Å². The summed E-state index contributed by atoms with van der Waals surface area (Å²) in [6.45, 7) is 2.73. The van der Waals surface area contributed by atoms with E-state index in [0.29, 0.717) is 17.4 Å². The molecular weight excluding hydrogens is 242 g/mol. The molecular formula is C12H14ClNOS. The highest BCUT2D eigenvalue weighted by atomic mass is 35.5. The van der Waals surface area contributed by atoms with E-state index in [9.17, 15) is 4.79 Å². The Morgan fingerprint density at radius 3 is 2.81 bits per heavy atom. The van der Waals surface area contributed by atoms with Gasteiger partial charge in [0.25, 0.3) is 0 Å². The Labute approximate surface area is 106 Å². The van der Waals surface area contributed by atoms with Crippen LogP contribution in [-0.2, 0) is 4.79 Å². The molecule has 1 aromatic rings. The van der Waals surface area contributed by atoms with Crippen LogP contribution in [0.3, 0.4) is 0 Å². The van der Waals surface area contributed by atoms with Crippen molar-refractivity contribution in [2.75, 3.05) is 17.2 Å². The summed E-state index contributed by atoms with van der Waals surface area (Å²) < 4.78 is 0. The predicted molar refractivity (Wildman–Crippen MR) is 70.5 cm³/mol. The van der Waals surface area contributed by atoms with Crippen LogP contribution in [0.1, 0.15) is 12.0 Å². The second kappa shape index (κ2) is 4.68. The third-order valence-corrected chi connectivity index (χ3v) is 3.54. The zero-order valence-corrected chi connectivity index (χ0v) is 10.8. The number of amides is 1. The molecule has 0 aliphatic carbocycles. The van der Waals surface area contributed by atoms with Crippen LogP contribution >= 0.6 is 24.2 Å². The van der Waals surface area contributed by atoms with Crippen molar-refractivity contribution < 1.29 is 4.79 Å². The zero-order valence-electron chi connectivity index (χ0n) is 9.11. The molecule has 86 valence electrons. The summed E-state index contributed by atoms with van der Waals surface area (Å²) in [5.74, 6) is 1.28. The van der Waals surface area contributed by atoms with E-state index >= 15 is 0 Å². The molecule has 1 amide bonds. The number of aryl methyl sites for hydroxylation is 1. The van der Waals surface area contributed by atoms with Crippen LogP contribution < -0.4 is 4.90 Å². The maximum Gasteiger partial charge on any atom is 0.227 e. The largest absolute Gasteiger partial charge is 0.312 e. The lowest BCUT2D eigenvalue weighted by Crippen LogP contribution is -2.24. The topological polar surface area (TPSA) is 20.3 Å². The zero-order chi connectivity index (χ0) is 11.7. The molecule has 1 saturated heterocycles. The molecule has 0 saturated carbocycles. The van der Waals surface area contributed by atoms with Crippen LogP contribution in [0.25, 0.3) is 0 Å². The van der Waals surface area contributed by atoms with Crippen molar-refractivity contribution in [3.05, 3.63) is 28.8 Å². The van der Waals surface area contributed by atoms with Gasteiger partial charge < -0.3 is 4.90 Å². The summed E-state index contributed by atoms with van der Waals surface area (Å²) in [4.78, 5) is 13.6. The third-order valence-electron chi connectivity index (χ3n) is 2.80. The first-order valence-electron chi connectivity index (χ1n) is 5.28. The highest BCUT2D eigenvalue weighted by molar-refractivity contribution is 7.80. The van der Waals surface area contributed by atoms with Crippen LogP contribution in [-0.4, -0.2) is 18.2 Å². The molecule has 4 heteroatoms. The number of hydrogen-bond donors (Lipinski definition) is 1. The summed E-state index contributed by atoms with van der Waals surface area (Å²) in [7, 11) is 0. The number of anilines is 1. The SMILES string of the molecule is Cc1cc(Cl)cc(N2CC(CS)CC2=O)c1. The van der Waals surface area contributed by atoms with E-state index in [1.54, 1.807) is 4.90 Å². The van der Waals surface area contributed by atoms with Crippen molar-refractivity contribution in [3.8, 4) is 0 Å². The van der Waals surface area contributed by atoms with Crippen molar-refractivity contribution in [3.63, 3.8) is 0 Å². The second-order valence-electron chi connectivity index (χ2n) is 4.24. The van der Waals surface area contributed by atoms with E-state index in [1.165, 1.54) is 0 Å². The Balaban J connectivity index is 2.27. The van der Waals surface area contributed by atoms with Gasteiger partial charge in [-0.05, 0) is 42.4 Å². The summed E-state index contributed by atoms with van der Waals surface area (Å²) in [6, 6.07) is 5.72. The summed E-state index contributed by atoms with van der Waals surface area (Å²) in [5, 5.41) is 0.678. The van der Waals surface area contributed by atoms with E-state index < -0.39 is 0 Å². The summed E-state index contributed by atoms with van der Waals surface area (Å²) in [5.41, 5.74) is 1.98. The van der Waals surface area contributed by atoms with Gasteiger partial charge in [0.05, 0.1) is 0 Å². The van der Waals surface area contributed by atoms with Crippen molar-refractivity contribution >= 4 is 35.8 Å². The average Bonchev–Trinajstić information content (AvgIpc) is 2.58. The molecule has 16 heavy (non-hydrogen) atoms. The van der Waals surface area contributed by atoms with Crippen molar-refractivity contribution in [2.24, 2.45) is 5.92 Å². The van der Waals surface area contributed by atoms with Gasteiger partial charge in [-0.3, -0.25) is 4.79 Å². The van der Waals surface area contributed by atoms with Crippen LogP contribution in [0.5, 0.6) is 0 Å². The van der Waals surface area contributed by atoms with Gasteiger partial charge in [0.1, 0.15) is 0 Å². The molecule has 1 unspecified atom stereocenters. The van der Waals surface area contributed by atoms with Crippen LogP contribution in [0.4, 0.5) is 5.69 Å². The van der Waals surface area contributed by atoms with Crippen LogP contribution in [0.15, 0.2) is 18.2 Å². The van der Waals surface area contributed by atoms with Gasteiger partial charge in [0, 0.05) is 23.7 Å². The fraction of sp³-hybridized carbons (Fsp3) is 0.417. The molecule has 0 aromatic heterocycles. The minimum atomic E-state index is 0.167. The Morgan fingerprint density at radius 2 is 2.25 bits per heavy atom. The first kappa shape index (κ1) is 11.8.